The number of likely N-dealkylation sites (N-methyl/N-ethyl adjacent to an activating group) is 1. The van der Waals surface area contributed by atoms with Gasteiger partial charge < -0.3 is 5.32 Å². The third-order valence-electron chi connectivity index (χ3n) is 22.4. The van der Waals surface area contributed by atoms with Gasteiger partial charge in [0.05, 0.1) is 82.6 Å². The molecule has 40 heteroatoms. The van der Waals surface area contributed by atoms with E-state index in [0.29, 0.717) is 124 Å². The van der Waals surface area contributed by atoms with Crippen LogP contribution in [-0.2, 0) is 15.9 Å². The number of carbonyl (C=O) groups excluding carboxylic acids is 1. The van der Waals surface area contributed by atoms with Gasteiger partial charge in [-0.1, -0.05) is 106 Å². The van der Waals surface area contributed by atoms with Gasteiger partial charge >= 0.3 is 0 Å². The molecule has 19 aromatic rings. The fourth-order valence-electron chi connectivity index (χ4n) is 15.4. The molecule has 0 spiro atoms. The number of amides is 1. The second-order valence-electron chi connectivity index (χ2n) is 33.5. The molecule has 6 N–H and O–H groups in total. The minimum atomic E-state index is -0.907. The molecule has 18 heterocycles. The monoisotopic (exact) mass is 1790 g/mol. The fraction of sp³-hybridized carbons (Fsp3) is 0.234. The molecule has 18 aromatic heterocycles. The summed E-state index contributed by atoms with van der Waals surface area (Å²) in [4.78, 5) is 112. The molecule has 0 atom stereocenters. The second-order valence-corrected chi connectivity index (χ2v) is 33.5. The number of nitriles is 5. The lowest BCUT2D eigenvalue weighted by atomic mass is 9.94. The number of rotatable bonds is 17. The topological polar surface area (TPSA) is 527 Å². The zero-order chi connectivity index (χ0) is 95.5. The molecule has 19 rings (SSSR count). The standard InChI is InChI=1S/C22H22N6O.C18H21N7O2.3C18H15N7O/c1-14(2)18-19(26-20-15(10-23)11-25-28(20)21(18)29)16-12-24-27(13-16)22(3,4)17-8-6-5-7-9-17;1-10(2)13-14(23-15-11(6-19)7-22-25(15)16(13)26)12-8-21-24(9-12)18(3,4)17(27)20-5;1-11(2)15-16(23-17-12(7-19)8-22-25(17)18(15)26)13-9-21-24(10-13)14-3-5-20-6-4-14;1-11(2)15-16(23-17-12(6-19)7-22-25(17)18(15)26)13-8-21-24(10-13)14-4-3-5-20-9-14;1-11(2)15-16(23-17-12(7-19)8-22-25(17)18(15)26)13-9-21-24(10-13)14-5-3-4-6-20-14/h5-9,11-14,25H,1-4H3;7-10,22H,1-5H3,(H,20,27);3-6,8-11,22H,1-2H3;3-5,7-11,22H,1-2H3;3-6,8-11,22H,1-2H3. The molecular formula is C94H88N34O6. The van der Waals surface area contributed by atoms with Gasteiger partial charge in [0.25, 0.3) is 27.8 Å². The average molecular weight is 1790 g/mol. The van der Waals surface area contributed by atoms with Gasteiger partial charge in [0, 0.05) is 149 Å². The van der Waals surface area contributed by atoms with Crippen molar-refractivity contribution in [1.29, 1.82) is 26.3 Å². The maximum Gasteiger partial charge on any atom is 0.276 e. The molecule has 0 saturated carbocycles. The van der Waals surface area contributed by atoms with Gasteiger partial charge in [-0.25, -0.2) is 66.5 Å². The summed E-state index contributed by atoms with van der Waals surface area (Å²) >= 11 is 0. The maximum atomic E-state index is 13.1. The van der Waals surface area contributed by atoms with Crippen LogP contribution in [0.1, 0.15) is 188 Å². The van der Waals surface area contributed by atoms with Crippen molar-refractivity contribution in [3.63, 3.8) is 0 Å². The number of nitrogens with zero attached hydrogens (tertiary/aromatic N) is 28. The highest BCUT2D eigenvalue weighted by molar-refractivity contribution is 5.83. The summed E-state index contributed by atoms with van der Waals surface area (Å²) in [5.74, 6) is 0.206. The Kier molecular flexibility index (Phi) is 25.1. The molecule has 0 aliphatic heterocycles. The Hall–Kier alpha value is -18.3. The van der Waals surface area contributed by atoms with Gasteiger partial charge in [-0.3, -0.25) is 73.6 Å². The Morgan fingerprint density at radius 3 is 1.02 bits per heavy atom. The van der Waals surface area contributed by atoms with Crippen LogP contribution in [0.5, 0.6) is 0 Å². The predicted octanol–water partition coefficient (Wildman–Crippen LogP) is 11.8. The van der Waals surface area contributed by atoms with E-state index in [-0.39, 0.29) is 80.0 Å². The van der Waals surface area contributed by atoms with Crippen LogP contribution in [0.3, 0.4) is 0 Å². The fourth-order valence-corrected chi connectivity index (χ4v) is 15.4. The summed E-state index contributed by atoms with van der Waals surface area (Å²) in [5, 5.41) is 85.0. The van der Waals surface area contributed by atoms with Gasteiger partial charge in [-0.15, -0.1) is 0 Å². The Labute approximate surface area is 761 Å². The summed E-state index contributed by atoms with van der Waals surface area (Å²) in [6.07, 6.45) is 33.2. The Bertz CT molecular complexity index is 7760. The van der Waals surface area contributed by atoms with E-state index in [2.05, 4.69) is 146 Å². The molecule has 134 heavy (non-hydrogen) atoms. The van der Waals surface area contributed by atoms with Crippen molar-refractivity contribution in [2.75, 3.05) is 7.05 Å². The van der Waals surface area contributed by atoms with Crippen LogP contribution in [0.15, 0.2) is 221 Å². The number of carbonyl (C=O) groups is 1. The minimum absolute atomic E-state index is 0.0405. The molecule has 0 aliphatic rings. The quantitative estimate of drug-likeness (QED) is 0.0493. The van der Waals surface area contributed by atoms with Crippen LogP contribution in [0.2, 0.25) is 0 Å². The molecule has 0 radical (unpaired) electrons. The van der Waals surface area contributed by atoms with Gasteiger partial charge in [0.15, 0.2) is 34.1 Å². The predicted molar refractivity (Wildman–Crippen MR) is 495 cm³/mol. The summed E-state index contributed by atoms with van der Waals surface area (Å²) in [6.45, 7) is 27.0. The van der Waals surface area contributed by atoms with E-state index < -0.39 is 5.54 Å². The zero-order valence-electron chi connectivity index (χ0n) is 75.3. The Morgan fingerprint density at radius 1 is 0.358 bits per heavy atom. The van der Waals surface area contributed by atoms with Crippen molar-refractivity contribution in [3.05, 3.63) is 310 Å². The molecule has 1 aromatic carbocycles. The van der Waals surface area contributed by atoms with E-state index in [1.54, 1.807) is 115 Å². The van der Waals surface area contributed by atoms with Crippen LogP contribution in [0.25, 0.3) is 102 Å². The molecule has 0 aliphatic carbocycles. The first-order chi connectivity index (χ1) is 64.3. The number of nitrogens with one attached hydrogen (secondary N) is 6. The number of benzene rings is 1. The van der Waals surface area contributed by atoms with Crippen molar-refractivity contribution in [1.82, 2.24) is 142 Å². The molecular weight excluding hydrogens is 1700 g/mol. The van der Waals surface area contributed by atoms with Crippen molar-refractivity contribution < 1.29 is 4.79 Å². The Morgan fingerprint density at radius 2 is 0.687 bits per heavy atom. The molecule has 0 bridgehead atoms. The largest absolute Gasteiger partial charge is 0.357 e. The van der Waals surface area contributed by atoms with Gasteiger partial charge in [0.1, 0.15) is 63.7 Å². The van der Waals surface area contributed by atoms with Crippen LogP contribution in [-0.4, -0.2) is 150 Å². The SMILES string of the molecule is CC(C)c1c(-c2cnn(-c3ccccn3)c2)nc2c(C#N)c[nH]n2c1=O.CC(C)c1c(-c2cnn(-c3cccnc3)c2)nc2c(C#N)c[nH]n2c1=O.CC(C)c1c(-c2cnn(-c3ccncc3)c2)nc2c(C#N)c[nH]n2c1=O.CC(C)c1c(-c2cnn(C(C)(C)c3ccccc3)c2)nc2c(C#N)c[nH]n2c1=O.CNC(=O)C(C)(C)n1cc(-c2nc3c(C#N)c[nH]n3c(=O)c2C(C)C)cn1. The van der Waals surface area contributed by atoms with Crippen LogP contribution < -0.4 is 33.1 Å². The van der Waals surface area contributed by atoms with E-state index in [9.17, 15) is 55.1 Å². The van der Waals surface area contributed by atoms with Crippen LogP contribution in [0.4, 0.5) is 0 Å². The van der Waals surface area contributed by atoms with E-state index >= 15 is 0 Å². The van der Waals surface area contributed by atoms with E-state index in [0.717, 1.165) is 28.1 Å². The summed E-state index contributed by atoms with van der Waals surface area (Å²) in [6, 6.07) is 33.3. The third kappa shape index (κ3) is 17.0. The van der Waals surface area contributed by atoms with E-state index in [4.69, 9.17) is 0 Å². The number of pyridine rings is 3. The normalized spacial score (nSPS) is 11.4. The molecule has 0 unspecified atom stereocenters. The highest BCUT2D eigenvalue weighted by atomic mass is 16.2. The van der Waals surface area contributed by atoms with Gasteiger partial charge in [0.2, 0.25) is 5.91 Å². The zero-order valence-corrected chi connectivity index (χ0v) is 75.3. The summed E-state index contributed by atoms with van der Waals surface area (Å²) in [7, 11) is 1.57. The number of fused-ring (bicyclic) bond motifs is 5. The average Bonchev–Trinajstić information content (AvgIpc) is 1.54. The first kappa shape index (κ1) is 90.5. The van der Waals surface area contributed by atoms with Gasteiger partial charge in [-0.05, 0) is 99.2 Å². The number of aromatic nitrogens is 28. The number of hydrogen-bond acceptors (Lipinski definition) is 24. The van der Waals surface area contributed by atoms with E-state index in [1.165, 1.54) is 58.2 Å². The summed E-state index contributed by atoms with van der Waals surface area (Å²) in [5.41, 5.74) is 12.4. The summed E-state index contributed by atoms with van der Waals surface area (Å²) < 4.78 is 15.0. The number of aromatic amines is 5. The third-order valence-corrected chi connectivity index (χ3v) is 22.4. The van der Waals surface area contributed by atoms with Crippen molar-refractivity contribution in [2.45, 2.75) is 138 Å². The lowest BCUT2D eigenvalue weighted by Crippen LogP contribution is -2.43. The van der Waals surface area contributed by atoms with Crippen molar-refractivity contribution in [2.24, 2.45) is 0 Å². The molecule has 0 fully saturated rings. The van der Waals surface area contributed by atoms with Crippen molar-refractivity contribution >= 4 is 34.1 Å². The highest BCUT2D eigenvalue weighted by Crippen LogP contribution is 2.35. The minimum Gasteiger partial charge on any atom is -0.357 e. The lowest BCUT2D eigenvalue weighted by molar-refractivity contribution is -0.128. The first-order valence-corrected chi connectivity index (χ1v) is 42.3. The lowest BCUT2D eigenvalue weighted by Gasteiger charge is -2.26. The van der Waals surface area contributed by atoms with Crippen LogP contribution >= 0.6 is 0 Å². The van der Waals surface area contributed by atoms with Crippen LogP contribution in [0, 0.1) is 56.7 Å². The highest BCUT2D eigenvalue weighted by Gasteiger charge is 2.33. The Balaban J connectivity index is 0.000000128. The number of hydrogen-bond donors (Lipinski definition) is 6. The first-order valence-electron chi connectivity index (χ1n) is 42.3. The maximum absolute atomic E-state index is 13.1. The van der Waals surface area contributed by atoms with E-state index in [1.807, 2.05) is 153 Å². The smallest absolute Gasteiger partial charge is 0.276 e. The van der Waals surface area contributed by atoms with Gasteiger partial charge in [-0.2, -0.15) is 51.8 Å². The second kappa shape index (κ2) is 37.2. The van der Waals surface area contributed by atoms with Crippen molar-refractivity contribution in [3.8, 4) is 104 Å². The molecule has 40 nitrogen and oxygen atoms in total. The molecule has 670 valence electrons. The molecule has 0 saturated heterocycles. The number of H-pyrrole nitrogens is 5. The molecule has 1 amide bonds.